The van der Waals surface area contributed by atoms with Gasteiger partial charge in [-0.05, 0) is 18.7 Å². The van der Waals surface area contributed by atoms with E-state index in [4.69, 9.17) is 4.42 Å². The molecule has 0 aliphatic carbocycles. The van der Waals surface area contributed by atoms with Gasteiger partial charge in [-0.25, -0.2) is 0 Å². The highest BCUT2D eigenvalue weighted by Crippen LogP contribution is 2.14. The number of pyridine rings is 1. The molecule has 0 unspecified atom stereocenters. The minimum atomic E-state index is 0.624. The van der Waals surface area contributed by atoms with E-state index < -0.39 is 0 Å². The molecular formula is C12H16N4O. The maximum atomic E-state index is 5.41. The average molecular weight is 232 g/mol. The van der Waals surface area contributed by atoms with Crippen LogP contribution >= 0.6 is 0 Å². The SMILES string of the molecule is CNCc1coc(N(C)Cc2cccnc2)n1. The van der Waals surface area contributed by atoms with Crippen molar-refractivity contribution in [2.75, 3.05) is 19.0 Å². The predicted octanol–water partition coefficient (Wildman–Crippen LogP) is 1.43. The summed E-state index contributed by atoms with van der Waals surface area (Å²) in [5.74, 6) is 0. The molecule has 5 heteroatoms. The highest BCUT2D eigenvalue weighted by molar-refractivity contribution is 5.27. The minimum absolute atomic E-state index is 0.624. The average Bonchev–Trinajstić information content (AvgIpc) is 2.79. The number of oxazole rings is 1. The lowest BCUT2D eigenvalue weighted by atomic mass is 10.3. The molecule has 0 atom stereocenters. The van der Waals surface area contributed by atoms with Crippen molar-refractivity contribution in [2.45, 2.75) is 13.1 Å². The van der Waals surface area contributed by atoms with E-state index in [1.54, 1.807) is 12.5 Å². The monoisotopic (exact) mass is 232 g/mol. The zero-order valence-corrected chi connectivity index (χ0v) is 10.1. The summed E-state index contributed by atoms with van der Waals surface area (Å²) in [5, 5.41) is 3.03. The van der Waals surface area contributed by atoms with E-state index in [1.165, 1.54) is 0 Å². The maximum absolute atomic E-state index is 5.41. The molecule has 2 aromatic heterocycles. The fourth-order valence-corrected chi connectivity index (χ4v) is 1.57. The van der Waals surface area contributed by atoms with Crippen molar-refractivity contribution in [1.29, 1.82) is 0 Å². The molecule has 0 amide bonds. The van der Waals surface area contributed by atoms with E-state index in [1.807, 2.05) is 37.3 Å². The van der Waals surface area contributed by atoms with Crippen molar-refractivity contribution < 1.29 is 4.42 Å². The van der Waals surface area contributed by atoms with Crippen molar-refractivity contribution in [3.63, 3.8) is 0 Å². The Morgan fingerprint density at radius 2 is 2.35 bits per heavy atom. The predicted molar refractivity (Wildman–Crippen MR) is 65.6 cm³/mol. The standard InChI is InChI=1S/C12H16N4O/c1-13-7-11-9-17-12(15-11)16(2)8-10-4-3-5-14-6-10/h3-6,9,13H,7-8H2,1-2H3. The first-order chi connectivity index (χ1) is 8.29. The number of hydrogen-bond donors (Lipinski definition) is 1. The van der Waals surface area contributed by atoms with Crippen LogP contribution in [0, 0.1) is 0 Å². The van der Waals surface area contributed by atoms with Gasteiger partial charge in [0, 0.05) is 32.5 Å². The van der Waals surface area contributed by atoms with E-state index in [-0.39, 0.29) is 0 Å². The Kier molecular flexibility index (Phi) is 3.72. The summed E-state index contributed by atoms with van der Waals surface area (Å²) in [5.41, 5.74) is 2.03. The summed E-state index contributed by atoms with van der Waals surface area (Å²) in [4.78, 5) is 10.4. The lowest BCUT2D eigenvalue weighted by Gasteiger charge is -2.13. The third-order valence-electron chi connectivity index (χ3n) is 2.37. The molecule has 17 heavy (non-hydrogen) atoms. The van der Waals surface area contributed by atoms with Crippen molar-refractivity contribution in [2.24, 2.45) is 0 Å². The number of anilines is 1. The molecule has 0 saturated heterocycles. The van der Waals surface area contributed by atoms with Crippen LogP contribution in [0.4, 0.5) is 6.01 Å². The quantitative estimate of drug-likeness (QED) is 0.845. The molecule has 2 heterocycles. The molecule has 0 aliphatic heterocycles. The molecule has 0 bridgehead atoms. The number of nitrogens with zero attached hydrogens (tertiary/aromatic N) is 3. The first-order valence-corrected chi connectivity index (χ1v) is 5.48. The fraction of sp³-hybridized carbons (Fsp3) is 0.333. The van der Waals surface area contributed by atoms with Gasteiger partial charge in [-0.1, -0.05) is 6.07 Å². The Bertz CT molecular complexity index is 455. The summed E-state index contributed by atoms with van der Waals surface area (Å²) in [6.45, 7) is 1.44. The maximum Gasteiger partial charge on any atom is 0.297 e. The Balaban J connectivity index is 2.01. The molecule has 0 spiro atoms. The molecule has 0 aromatic carbocycles. The Morgan fingerprint density at radius 1 is 1.47 bits per heavy atom. The summed E-state index contributed by atoms with van der Waals surface area (Å²) in [6, 6.07) is 4.57. The fourth-order valence-electron chi connectivity index (χ4n) is 1.57. The minimum Gasteiger partial charge on any atom is -0.432 e. The second-order valence-electron chi connectivity index (χ2n) is 3.87. The topological polar surface area (TPSA) is 54.2 Å². The zero-order valence-electron chi connectivity index (χ0n) is 10.1. The Morgan fingerprint density at radius 3 is 3.06 bits per heavy atom. The molecule has 0 aliphatic rings. The zero-order chi connectivity index (χ0) is 12.1. The highest BCUT2D eigenvalue weighted by Gasteiger charge is 2.09. The van der Waals surface area contributed by atoms with Crippen LogP contribution in [0.2, 0.25) is 0 Å². The van der Waals surface area contributed by atoms with Gasteiger partial charge in [-0.3, -0.25) is 4.98 Å². The van der Waals surface area contributed by atoms with Crippen LogP contribution < -0.4 is 10.2 Å². The van der Waals surface area contributed by atoms with E-state index in [0.29, 0.717) is 12.6 Å². The lowest BCUT2D eigenvalue weighted by Crippen LogP contribution is -2.17. The van der Waals surface area contributed by atoms with E-state index in [0.717, 1.165) is 17.8 Å². The van der Waals surface area contributed by atoms with Gasteiger partial charge in [0.25, 0.3) is 6.01 Å². The van der Waals surface area contributed by atoms with Crippen molar-refractivity contribution in [1.82, 2.24) is 15.3 Å². The van der Waals surface area contributed by atoms with Crippen LogP contribution in [0.15, 0.2) is 35.2 Å². The van der Waals surface area contributed by atoms with Gasteiger partial charge in [0.2, 0.25) is 0 Å². The van der Waals surface area contributed by atoms with Crippen molar-refractivity contribution >= 4 is 6.01 Å². The van der Waals surface area contributed by atoms with E-state index in [9.17, 15) is 0 Å². The molecule has 1 N–H and O–H groups in total. The van der Waals surface area contributed by atoms with Gasteiger partial charge in [0.15, 0.2) is 0 Å². The summed E-state index contributed by atoms with van der Waals surface area (Å²) >= 11 is 0. The number of hydrogen-bond acceptors (Lipinski definition) is 5. The number of aromatic nitrogens is 2. The van der Waals surface area contributed by atoms with Gasteiger partial charge in [-0.2, -0.15) is 4.98 Å². The first kappa shape index (κ1) is 11.6. The Labute approximate surface area is 100 Å². The molecule has 90 valence electrons. The highest BCUT2D eigenvalue weighted by atomic mass is 16.4. The molecule has 0 radical (unpaired) electrons. The van der Waals surface area contributed by atoms with Gasteiger partial charge >= 0.3 is 0 Å². The van der Waals surface area contributed by atoms with Crippen LogP contribution in [-0.2, 0) is 13.1 Å². The molecule has 2 rings (SSSR count). The molecule has 0 saturated carbocycles. The Hall–Kier alpha value is -1.88. The smallest absolute Gasteiger partial charge is 0.297 e. The third-order valence-corrected chi connectivity index (χ3v) is 2.37. The molecular weight excluding hydrogens is 216 g/mol. The molecule has 0 fully saturated rings. The normalized spacial score (nSPS) is 10.5. The van der Waals surface area contributed by atoms with Crippen LogP contribution in [0.5, 0.6) is 0 Å². The second kappa shape index (κ2) is 5.45. The van der Waals surface area contributed by atoms with Crippen molar-refractivity contribution in [3.8, 4) is 0 Å². The summed E-state index contributed by atoms with van der Waals surface area (Å²) < 4.78 is 5.41. The third kappa shape index (κ3) is 3.04. The molecule has 5 nitrogen and oxygen atoms in total. The van der Waals surface area contributed by atoms with Gasteiger partial charge in [-0.15, -0.1) is 0 Å². The van der Waals surface area contributed by atoms with Crippen LogP contribution in [0.1, 0.15) is 11.3 Å². The van der Waals surface area contributed by atoms with Crippen LogP contribution in [0.3, 0.4) is 0 Å². The summed E-state index contributed by atoms with van der Waals surface area (Å²) in [7, 11) is 3.83. The summed E-state index contributed by atoms with van der Waals surface area (Å²) in [6.07, 6.45) is 5.28. The van der Waals surface area contributed by atoms with Crippen LogP contribution in [0.25, 0.3) is 0 Å². The first-order valence-electron chi connectivity index (χ1n) is 5.48. The number of nitrogens with one attached hydrogen (secondary N) is 1. The van der Waals surface area contributed by atoms with Gasteiger partial charge in [0.05, 0.1) is 5.69 Å². The second-order valence-corrected chi connectivity index (χ2v) is 3.87. The number of rotatable bonds is 5. The lowest BCUT2D eigenvalue weighted by molar-refractivity contribution is 0.543. The van der Waals surface area contributed by atoms with Crippen LogP contribution in [-0.4, -0.2) is 24.1 Å². The van der Waals surface area contributed by atoms with Crippen molar-refractivity contribution in [3.05, 3.63) is 42.0 Å². The largest absolute Gasteiger partial charge is 0.432 e. The molecule has 2 aromatic rings. The van der Waals surface area contributed by atoms with E-state index >= 15 is 0 Å². The van der Waals surface area contributed by atoms with Gasteiger partial charge in [0.1, 0.15) is 6.26 Å². The van der Waals surface area contributed by atoms with Gasteiger partial charge < -0.3 is 14.6 Å². The van der Waals surface area contributed by atoms with E-state index in [2.05, 4.69) is 15.3 Å².